The van der Waals surface area contributed by atoms with Gasteiger partial charge in [0, 0.05) is 17.8 Å². The maximum atomic E-state index is 12.9. The monoisotopic (exact) mass is 373 g/mol. The number of hydrogen-bond donors (Lipinski definition) is 1. The summed E-state index contributed by atoms with van der Waals surface area (Å²) in [5, 5.41) is 13.1. The third-order valence-corrected chi connectivity index (χ3v) is 4.45. The van der Waals surface area contributed by atoms with Crippen molar-refractivity contribution in [1.82, 2.24) is 4.90 Å². The van der Waals surface area contributed by atoms with Crippen LogP contribution in [0.2, 0.25) is 0 Å². The fourth-order valence-electron chi connectivity index (χ4n) is 2.25. The Morgan fingerprint density at radius 3 is 2.62 bits per heavy atom. The molecule has 0 radical (unpaired) electrons. The molecule has 2 amide bonds. The van der Waals surface area contributed by atoms with Crippen molar-refractivity contribution < 1.29 is 18.9 Å². The summed E-state index contributed by atoms with van der Waals surface area (Å²) in [6.45, 7) is -0.118. The molecular weight excluding hydrogens is 361 g/mol. The highest BCUT2D eigenvalue weighted by Gasteiger charge is 2.34. The minimum absolute atomic E-state index is 0.0969. The van der Waals surface area contributed by atoms with Gasteiger partial charge in [0.25, 0.3) is 16.8 Å². The van der Waals surface area contributed by atoms with Crippen LogP contribution in [0.5, 0.6) is 0 Å². The molecule has 132 valence electrons. The maximum absolute atomic E-state index is 12.9. The Labute approximate surface area is 151 Å². The zero-order valence-electron chi connectivity index (χ0n) is 13.2. The average Bonchev–Trinajstić information content (AvgIpc) is 2.89. The van der Waals surface area contributed by atoms with Gasteiger partial charge < -0.3 is 5.32 Å². The summed E-state index contributed by atoms with van der Waals surface area (Å²) < 4.78 is 12.9. The average molecular weight is 373 g/mol. The van der Waals surface area contributed by atoms with Gasteiger partial charge in [-0.15, -0.1) is 0 Å². The molecule has 1 heterocycles. The highest BCUT2D eigenvalue weighted by atomic mass is 32.2. The van der Waals surface area contributed by atoms with Crippen LogP contribution in [0.3, 0.4) is 0 Å². The van der Waals surface area contributed by atoms with Crippen LogP contribution >= 0.6 is 11.8 Å². The lowest BCUT2D eigenvalue weighted by molar-refractivity contribution is -0.384. The molecule has 1 saturated heterocycles. The van der Waals surface area contributed by atoms with Gasteiger partial charge in [-0.25, -0.2) is 4.39 Å². The van der Waals surface area contributed by atoms with E-state index in [4.69, 9.17) is 0 Å². The normalized spacial score (nSPS) is 15.6. The highest BCUT2D eigenvalue weighted by Crippen LogP contribution is 2.32. The number of nitro benzene ring substituents is 1. The molecule has 1 aliphatic rings. The Morgan fingerprint density at radius 2 is 1.92 bits per heavy atom. The van der Waals surface area contributed by atoms with E-state index < -0.39 is 21.9 Å². The molecule has 0 saturated carbocycles. The summed E-state index contributed by atoms with van der Waals surface area (Å²) in [6.07, 6.45) is 1.51. The number of nitrogens with one attached hydrogen (secondary N) is 1. The first-order chi connectivity index (χ1) is 12.4. The van der Waals surface area contributed by atoms with Crippen LogP contribution in [0.1, 0.15) is 5.56 Å². The number of carbonyl (C=O) groups excluding carboxylic acids is 2. The van der Waals surface area contributed by atoms with E-state index in [9.17, 15) is 24.1 Å². The summed E-state index contributed by atoms with van der Waals surface area (Å²) >= 11 is 0.781. The lowest BCUT2D eigenvalue weighted by atomic mass is 10.2. The number of imide groups is 1. The summed E-state index contributed by atoms with van der Waals surface area (Å²) in [5.41, 5.74) is 0.921. The number of carbonyl (C=O) groups is 2. The molecule has 2 aromatic carbocycles. The van der Waals surface area contributed by atoms with E-state index in [0.29, 0.717) is 11.3 Å². The number of thioether (sulfide) groups is 1. The molecule has 1 aliphatic heterocycles. The molecule has 26 heavy (non-hydrogen) atoms. The number of halogens is 1. The largest absolute Gasteiger partial charge is 0.367 e. The van der Waals surface area contributed by atoms with Crippen LogP contribution in [-0.2, 0) is 4.79 Å². The van der Waals surface area contributed by atoms with Gasteiger partial charge in [-0.3, -0.25) is 24.6 Å². The van der Waals surface area contributed by atoms with Crippen molar-refractivity contribution in [3.63, 3.8) is 0 Å². The van der Waals surface area contributed by atoms with Crippen molar-refractivity contribution in [2.75, 3.05) is 12.0 Å². The predicted molar refractivity (Wildman–Crippen MR) is 95.8 cm³/mol. The second-order valence-corrected chi connectivity index (χ2v) is 6.30. The van der Waals surface area contributed by atoms with Gasteiger partial charge in [0.1, 0.15) is 5.82 Å². The Morgan fingerprint density at radius 1 is 1.19 bits per heavy atom. The molecule has 3 rings (SSSR count). The third kappa shape index (κ3) is 3.89. The third-order valence-electron chi connectivity index (χ3n) is 3.54. The number of amides is 2. The molecule has 1 N–H and O–H groups in total. The van der Waals surface area contributed by atoms with Crippen molar-refractivity contribution in [3.8, 4) is 0 Å². The molecule has 0 spiro atoms. The fourth-order valence-corrected chi connectivity index (χ4v) is 3.08. The number of non-ortho nitro benzene ring substituents is 1. The van der Waals surface area contributed by atoms with Crippen molar-refractivity contribution in [2.45, 2.75) is 0 Å². The smallest absolute Gasteiger partial charge is 0.295 e. The second-order valence-electron chi connectivity index (χ2n) is 5.30. The van der Waals surface area contributed by atoms with E-state index in [0.717, 1.165) is 16.7 Å². The standard InChI is InChI=1S/C17H12FN3O4S/c18-12-6-4-11(5-7-12)8-15-16(22)20(17(23)26-15)10-19-13-2-1-3-14(9-13)21(24)25/h1-9,19H,10H2/b15-8+. The molecule has 0 bridgehead atoms. The zero-order chi connectivity index (χ0) is 18.7. The van der Waals surface area contributed by atoms with Gasteiger partial charge in [-0.05, 0) is 41.6 Å². The van der Waals surface area contributed by atoms with Crippen LogP contribution < -0.4 is 5.32 Å². The molecule has 2 aromatic rings. The Balaban J connectivity index is 1.70. The minimum atomic E-state index is -0.531. The molecule has 7 nitrogen and oxygen atoms in total. The summed E-state index contributed by atoms with van der Waals surface area (Å²) in [5.74, 6) is -0.876. The highest BCUT2D eigenvalue weighted by molar-refractivity contribution is 8.18. The maximum Gasteiger partial charge on any atom is 0.295 e. The SMILES string of the molecule is O=C1S/C(=C/c2ccc(F)cc2)C(=O)N1CNc1cccc([N+](=O)[O-])c1. The summed E-state index contributed by atoms with van der Waals surface area (Å²) in [7, 11) is 0. The Kier molecular flexibility index (Phi) is 4.99. The quantitative estimate of drug-likeness (QED) is 0.486. The van der Waals surface area contributed by atoms with Gasteiger partial charge in [-0.2, -0.15) is 0 Å². The van der Waals surface area contributed by atoms with Crippen LogP contribution in [0, 0.1) is 15.9 Å². The lowest BCUT2D eigenvalue weighted by Gasteiger charge is -2.14. The Hall–Kier alpha value is -3.20. The van der Waals surface area contributed by atoms with Gasteiger partial charge >= 0.3 is 0 Å². The zero-order valence-corrected chi connectivity index (χ0v) is 14.0. The van der Waals surface area contributed by atoms with Crippen molar-refractivity contribution in [3.05, 3.63) is 74.9 Å². The number of hydrogen-bond acceptors (Lipinski definition) is 6. The first-order valence-electron chi connectivity index (χ1n) is 7.43. The molecule has 9 heteroatoms. The number of nitro groups is 1. The number of rotatable bonds is 5. The lowest BCUT2D eigenvalue weighted by Crippen LogP contribution is -2.33. The Bertz CT molecular complexity index is 914. The molecule has 0 aliphatic carbocycles. The molecule has 0 aromatic heterocycles. The van der Waals surface area contributed by atoms with E-state index in [1.54, 1.807) is 6.07 Å². The molecule has 1 fully saturated rings. The van der Waals surface area contributed by atoms with Gasteiger partial charge in [0.15, 0.2) is 0 Å². The van der Waals surface area contributed by atoms with Crippen molar-refractivity contribution in [1.29, 1.82) is 0 Å². The van der Waals surface area contributed by atoms with E-state index in [2.05, 4.69) is 5.32 Å². The van der Waals surface area contributed by atoms with Crippen LogP contribution in [-0.4, -0.2) is 27.6 Å². The summed E-state index contributed by atoms with van der Waals surface area (Å²) in [4.78, 5) is 35.9. The van der Waals surface area contributed by atoms with Gasteiger partial charge in [0.05, 0.1) is 16.5 Å². The topological polar surface area (TPSA) is 92.6 Å². The molecular formula is C17H12FN3O4S. The van der Waals surface area contributed by atoms with Gasteiger partial charge in [-0.1, -0.05) is 18.2 Å². The van der Waals surface area contributed by atoms with Crippen LogP contribution in [0.15, 0.2) is 53.4 Å². The first kappa shape index (κ1) is 17.6. The minimum Gasteiger partial charge on any atom is -0.367 e. The number of benzene rings is 2. The van der Waals surface area contributed by atoms with Crippen molar-refractivity contribution in [2.24, 2.45) is 0 Å². The fraction of sp³-hybridized carbons (Fsp3) is 0.0588. The van der Waals surface area contributed by atoms with Crippen LogP contribution in [0.4, 0.5) is 20.6 Å². The van der Waals surface area contributed by atoms with Gasteiger partial charge in [0.2, 0.25) is 0 Å². The number of anilines is 1. The van der Waals surface area contributed by atoms with E-state index >= 15 is 0 Å². The second kappa shape index (κ2) is 7.36. The molecule has 0 unspecified atom stereocenters. The van der Waals surface area contributed by atoms with Crippen molar-refractivity contribution >= 4 is 40.4 Å². The van der Waals surface area contributed by atoms with Crippen LogP contribution in [0.25, 0.3) is 6.08 Å². The van der Waals surface area contributed by atoms with E-state index in [1.807, 2.05) is 0 Å². The number of nitrogens with zero attached hydrogens (tertiary/aromatic N) is 2. The van der Waals surface area contributed by atoms with E-state index in [-0.39, 0.29) is 17.3 Å². The first-order valence-corrected chi connectivity index (χ1v) is 8.25. The predicted octanol–water partition coefficient (Wildman–Crippen LogP) is 3.84. The molecule has 0 atom stereocenters. The van der Waals surface area contributed by atoms with E-state index in [1.165, 1.54) is 48.5 Å². The summed E-state index contributed by atoms with van der Waals surface area (Å²) in [6, 6.07) is 11.3.